The molecule has 4 heteroatoms. The van der Waals surface area contributed by atoms with E-state index in [1.165, 1.54) is 0 Å². The first kappa shape index (κ1) is 11.8. The number of nitrogens with one attached hydrogen (secondary N) is 2. The van der Waals surface area contributed by atoms with E-state index < -0.39 is 5.54 Å². The summed E-state index contributed by atoms with van der Waals surface area (Å²) in [6.07, 6.45) is 3.93. The third kappa shape index (κ3) is 1.77. The minimum atomic E-state index is -0.454. The molecule has 1 amide bonds. The van der Waals surface area contributed by atoms with Gasteiger partial charge in [0, 0.05) is 0 Å². The van der Waals surface area contributed by atoms with Crippen molar-refractivity contribution in [2.75, 3.05) is 10.6 Å². The van der Waals surface area contributed by atoms with Gasteiger partial charge in [0.15, 0.2) is 0 Å². The lowest BCUT2D eigenvalue weighted by atomic mass is 9.75. The summed E-state index contributed by atoms with van der Waals surface area (Å²) in [7, 11) is 0. The molecule has 0 atom stereocenters. The van der Waals surface area contributed by atoms with Gasteiger partial charge in [0.1, 0.15) is 5.54 Å². The zero-order valence-electron chi connectivity index (χ0n) is 10.4. The Morgan fingerprint density at radius 3 is 2.78 bits per heavy atom. The molecule has 0 saturated heterocycles. The highest BCUT2D eigenvalue weighted by Crippen LogP contribution is 2.43. The number of rotatable bonds is 0. The van der Waals surface area contributed by atoms with Gasteiger partial charge in [-0.25, -0.2) is 0 Å². The Hall–Kier alpha value is -1.22. The highest BCUT2D eigenvalue weighted by Gasteiger charge is 2.44. The van der Waals surface area contributed by atoms with Crippen molar-refractivity contribution in [3.8, 4) is 0 Å². The summed E-state index contributed by atoms with van der Waals surface area (Å²) in [4.78, 5) is 12.3. The Bertz CT molecular complexity index is 493. The third-order valence-corrected chi connectivity index (χ3v) is 4.50. The van der Waals surface area contributed by atoms with Gasteiger partial charge in [-0.15, -0.1) is 0 Å². The molecule has 0 bridgehead atoms. The monoisotopic (exact) mass is 264 g/mol. The van der Waals surface area contributed by atoms with Gasteiger partial charge >= 0.3 is 0 Å². The fraction of sp³-hybridized carbons (Fsp3) is 0.500. The van der Waals surface area contributed by atoms with E-state index >= 15 is 0 Å². The second-order valence-electron chi connectivity index (χ2n) is 5.51. The lowest BCUT2D eigenvalue weighted by Gasteiger charge is -2.43. The van der Waals surface area contributed by atoms with Gasteiger partial charge in [0.2, 0.25) is 5.91 Å². The molecule has 96 valence electrons. The van der Waals surface area contributed by atoms with E-state index in [1.807, 2.05) is 18.2 Å². The van der Waals surface area contributed by atoms with Crippen LogP contribution in [-0.2, 0) is 4.79 Å². The molecular weight excluding hydrogens is 248 g/mol. The van der Waals surface area contributed by atoms with E-state index in [0.717, 1.165) is 37.1 Å². The van der Waals surface area contributed by atoms with Crippen LogP contribution in [0.3, 0.4) is 0 Å². The Balaban J connectivity index is 1.96. The molecule has 1 saturated carbocycles. The molecule has 1 aliphatic carbocycles. The number of carbonyl (C=O) groups excluding carboxylic acids is 1. The average Bonchev–Trinajstić information content (AvgIpc) is 2.36. The summed E-state index contributed by atoms with van der Waals surface area (Å²) in [5, 5.41) is 7.07. The molecule has 18 heavy (non-hydrogen) atoms. The molecule has 3 rings (SSSR count). The number of hydrogen-bond donors (Lipinski definition) is 2. The summed E-state index contributed by atoms with van der Waals surface area (Å²) >= 11 is 6.21. The molecule has 1 fully saturated rings. The standard InChI is InChI=1S/C14H17ClN2O/c1-9-5-7-14(8-6-9)13(18)16-11-4-2-3-10(15)12(11)17-14/h2-4,9,17H,5-8H2,1H3,(H,16,18). The number of hydrogen-bond acceptors (Lipinski definition) is 2. The van der Waals surface area contributed by atoms with Crippen molar-refractivity contribution in [3.63, 3.8) is 0 Å². The fourth-order valence-electron chi connectivity index (χ4n) is 2.90. The maximum atomic E-state index is 12.3. The Labute approximate surface area is 112 Å². The number of fused-ring (bicyclic) bond motifs is 1. The minimum absolute atomic E-state index is 0.0872. The third-order valence-electron chi connectivity index (χ3n) is 4.19. The number of anilines is 2. The summed E-state index contributed by atoms with van der Waals surface area (Å²) in [6.45, 7) is 2.24. The molecule has 2 N–H and O–H groups in total. The molecule has 1 aliphatic heterocycles. The molecule has 2 aliphatic rings. The highest BCUT2D eigenvalue weighted by molar-refractivity contribution is 6.34. The van der Waals surface area contributed by atoms with Crippen LogP contribution in [0.5, 0.6) is 0 Å². The second kappa shape index (κ2) is 4.16. The molecule has 0 aromatic heterocycles. The number of para-hydroxylation sites is 1. The molecular formula is C14H17ClN2O. The van der Waals surface area contributed by atoms with Crippen LogP contribution >= 0.6 is 11.6 Å². The van der Waals surface area contributed by atoms with Crippen molar-refractivity contribution < 1.29 is 4.79 Å². The first-order chi connectivity index (χ1) is 8.61. The van der Waals surface area contributed by atoms with E-state index in [2.05, 4.69) is 17.6 Å². The van der Waals surface area contributed by atoms with Gasteiger partial charge in [-0.2, -0.15) is 0 Å². The van der Waals surface area contributed by atoms with Gasteiger partial charge < -0.3 is 10.6 Å². The first-order valence-electron chi connectivity index (χ1n) is 6.49. The minimum Gasteiger partial charge on any atom is -0.368 e. The van der Waals surface area contributed by atoms with E-state index in [9.17, 15) is 4.79 Å². The van der Waals surface area contributed by atoms with Crippen molar-refractivity contribution >= 4 is 28.9 Å². The summed E-state index contributed by atoms with van der Waals surface area (Å²) in [5.74, 6) is 0.794. The van der Waals surface area contributed by atoms with Gasteiger partial charge in [-0.3, -0.25) is 4.79 Å². The van der Waals surface area contributed by atoms with Crippen molar-refractivity contribution in [1.29, 1.82) is 0 Å². The second-order valence-corrected chi connectivity index (χ2v) is 5.91. The van der Waals surface area contributed by atoms with Crippen LogP contribution < -0.4 is 10.6 Å². The molecule has 1 aromatic rings. The van der Waals surface area contributed by atoms with Crippen LogP contribution in [0.4, 0.5) is 11.4 Å². The van der Waals surface area contributed by atoms with E-state index in [1.54, 1.807) is 0 Å². The quantitative estimate of drug-likeness (QED) is 0.751. The lowest BCUT2D eigenvalue weighted by molar-refractivity contribution is -0.121. The molecule has 0 radical (unpaired) electrons. The smallest absolute Gasteiger partial charge is 0.250 e. The van der Waals surface area contributed by atoms with Gasteiger partial charge in [-0.1, -0.05) is 24.6 Å². The largest absolute Gasteiger partial charge is 0.368 e. The Morgan fingerprint density at radius 2 is 2.06 bits per heavy atom. The molecule has 3 nitrogen and oxygen atoms in total. The normalized spacial score (nSPS) is 30.6. The van der Waals surface area contributed by atoms with Crippen molar-refractivity contribution in [3.05, 3.63) is 23.2 Å². The predicted molar refractivity (Wildman–Crippen MR) is 74.1 cm³/mol. The van der Waals surface area contributed by atoms with Crippen molar-refractivity contribution in [1.82, 2.24) is 0 Å². The number of carbonyl (C=O) groups is 1. The van der Waals surface area contributed by atoms with E-state index in [4.69, 9.17) is 11.6 Å². The topological polar surface area (TPSA) is 41.1 Å². The zero-order chi connectivity index (χ0) is 12.8. The predicted octanol–water partition coefficient (Wildman–Crippen LogP) is 3.65. The number of benzene rings is 1. The maximum Gasteiger partial charge on any atom is 0.250 e. The number of halogens is 1. The molecule has 1 heterocycles. The van der Waals surface area contributed by atoms with Crippen LogP contribution in [-0.4, -0.2) is 11.4 Å². The summed E-state index contributed by atoms with van der Waals surface area (Å²) in [6, 6.07) is 5.58. The van der Waals surface area contributed by atoms with Crippen LogP contribution in [0.1, 0.15) is 32.6 Å². The summed E-state index contributed by atoms with van der Waals surface area (Å²) < 4.78 is 0. The molecule has 1 spiro atoms. The highest BCUT2D eigenvalue weighted by atomic mass is 35.5. The Kier molecular flexibility index (Phi) is 2.74. The molecule has 0 unspecified atom stereocenters. The van der Waals surface area contributed by atoms with E-state index in [0.29, 0.717) is 10.9 Å². The van der Waals surface area contributed by atoms with Gasteiger partial charge in [-0.05, 0) is 43.7 Å². The fourth-order valence-corrected chi connectivity index (χ4v) is 3.12. The maximum absolute atomic E-state index is 12.3. The van der Waals surface area contributed by atoms with Gasteiger partial charge in [0.25, 0.3) is 0 Å². The van der Waals surface area contributed by atoms with Crippen LogP contribution in [0.2, 0.25) is 5.02 Å². The van der Waals surface area contributed by atoms with Crippen molar-refractivity contribution in [2.45, 2.75) is 38.1 Å². The van der Waals surface area contributed by atoms with Crippen molar-refractivity contribution in [2.24, 2.45) is 5.92 Å². The van der Waals surface area contributed by atoms with Crippen LogP contribution in [0.15, 0.2) is 18.2 Å². The zero-order valence-corrected chi connectivity index (χ0v) is 11.2. The SMILES string of the molecule is CC1CCC2(CC1)Nc1c(Cl)cccc1NC2=O. The number of amides is 1. The average molecular weight is 265 g/mol. The van der Waals surface area contributed by atoms with Crippen LogP contribution in [0.25, 0.3) is 0 Å². The van der Waals surface area contributed by atoms with Crippen LogP contribution in [0, 0.1) is 5.92 Å². The summed E-state index contributed by atoms with van der Waals surface area (Å²) in [5.41, 5.74) is 1.20. The van der Waals surface area contributed by atoms with E-state index in [-0.39, 0.29) is 5.91 Å². The Morgan fingerprint density at radius 1 is 1.33 bits per heavy atom. The van der Waals surface area contributed by atoms with Gasteiger partial charge in [0.05, 0.1) is 16.4 Å². The lowest BCUT2D eigenvalue weighted by Crippen LogP contribution is -2.54. The first-order valence-corrected chi connectivity index (χ1v) is 6.87. The molecule has 1 aromatic carbocycles.